The van der Waals surface area contributed by atoms with E-state index in [-0.39, 0.29) is 39.8 Å². The van der Waals surface area contributed by atoms with Crippen molar-refractivity contribution in [3.05, 3.63) is 22.2 Å². The van der Waals surface area contributed by atoms with Gasteiger partial charge < -0.3 is 20.1 Å². The largest absolute Gasteiger partial charge is 0.504 e. The van der Waals surface area contributed by atoms with Gasteiger partial charge in [-0.15, -0.1) is 0 Å². The Labute approximate surface area is 110 Å². The van der Waals surface area contributed by atoms with Gasteiger partial charge in [0.05, 0.1) is 23.7 Å². The zero-order valence-corrected chi connectivity index (χ0v) is 10.9. The smallest absolute Gasteiger partial charge is 0.240 e. The molecule has 1 heterocycles. The molecule has 0 saturated carbocycles. The Morgan fingerprint density at radius 2 is 2.33 bits per heavy atom. The lowest BCUT2D eigenvalue weighted by Gasteiger charge is -2.09. The van der Waals surface area contributed by atoms with Crippen LogP contribution >= 0.6 is 15.9 Å². The third kappa shape index (κ3) is 2.04. The van der Waals surface area contributed by atoms with Crippen molar-refractivity contribution in [3.8, 4) is 22.9 Å². The van der Waals surface area contributed by atoms with Gasteiger partial charge in [-0.3, -0.25) is 0 Å². The molecule has 0 aliphatic rings. The molecule has 6 nitrogen and oxygen atoms in total. The average molecular weight is 318 g/mol. The molecule has 0 aliphatic heterocycles. The summed E-state index contributed by atoms with van der Waals surface area (Å²) in [6.45, 7) is 0.0570. The zero-order valence-electron chi connectivity index (χ0n) is 9.28. The molecule has 0 fully saturated rings. The number of hydrogen-bond donors (Lipinski definition) is 2. The quantitative estimate of drug-likeness (QED) is 0.896. The van der Waals surface area contributed by atoms with E-state index in [1.807, 2.05) is 0 Å². The second-order valence-corrected chi connectivity index (χ2v) is 4.11. The van der Waals surface area contributed by atoms with Gasteiger partial charge in [-0.25, -0.2) is 4.39 Å². The Bertz CT molecular complexity index is 588. The van der Waals surface area contributed by atoms with E-state index >= 15 is 0 Å². The summed E-state index contributed by atoms with van der Waals surface area (Å²) in [5.41, 5.74) is 5.37. The van der Waals surface area contributed by atoms with E-state index in [0.29, 0.717) is 0 Å². The number of halogens is 2. The number of hydrogen-bond acceptors (Lipinski definition) is 6. The summed E-state index contributed by atoms with van der Waals surface area (Å²) in [4.78, 5) is 3.92. The van der Waals surface area contributed by atoms with Crippen LogP contribution in [0.15, 0.2) is 15.1 Å². The fraction of sp³-hybridized carbons (Fsp3) is 0.200. The Kier molecular flexibility index (Phi) is 3.48. The number of benzene rings is 1. The van der Waals surface area contributed by atoms with Crippen LogP contribution in [0.1, 0.15) is 5.89 Å². The van der Waals surface area contributed by atoms with E-state index in [4.69, 9.17) is 15.0 Å². The maximum absolute atomic E-state index is 13.8. The van der Waals surface area contributed by atoms with Crippen LogP contribution in [0.3, 0.4) is 0 Å². The third-order valence-electron chi connectivity index (χ3n) is 2.22. The number of aromatic hydroxyl groups is 1. The van der Waals surface area contributed by atoms with Crippen LogP contribution in [0.5, 0.6) is 11.5 Å². The number of rotatable bonds is 3. The predicted octanol–water partition coefficient (Wildman–Crippen LogP) is 1.81. The number of nitrogens with zero attached hydrogens (tertiary/aromatic N) is 2. The molecule has 96 valence electrons. The van der Waals surface area contributed by atoms with Gasteiger partial charge in [0.25, 0.3) is 0 Å². The minimum absolute atomic E-state index is 0.0260. The van der Waals surface area contributed by atoms with Crippen molar-refractivity contribution in [2.75, 3.05) is 7.11 Å². The Morgan fingerprint density at radius 1 is 1.61 bits per heavy atom. The molecule has 1 aromatic carbocycles. The summed E-state index contributed by atoms with van der Waals surface area (Å²) < 4.78 is 23.8. The van der Waals surface area contributed by atoms with Gasteiger partial charge in [0.1, 0.15) is 5.82 Å². The molecular weight excluding hydrogens is 309 g/mol. The highest BCUT2D eigenvalue weighted by atomic mass is 79.9. The molecule has 0 radical (unpaired) electrons. The highest BCUT2D eigenvalue weighted by molar-refractivity contribution is 9.10. The highest BCUT2D eigenvalue weighted by Gasteiger charge is 2.22. The van der Waals surface area contributed by atoms with E-state index in [9.17, 15) is 9.50 Å². The summed E-state index contributed by atoms with van der Waals surface area (Å²) in [7, 11) is 1.35. The van der Waals surface area contributed by atoms with Gasteiger partial charge in [0.15, 0.2) is 11.5 Å². The zero-order chi connectivity index (χ0) is 13.3. The first-order valence-electron chi connectivity index (χ1n) is 4.86. The average Bonchev–Trinajstić information content (AvgIpc) is 2.77. The molecule has 2 aromatic rings. The van der Waals surface area contributed by atoms with E-state index in [2.05, 4.69) is 26.1 Å². The van der Waals surface area contributed by atoms with E-state index in [1.165, 1.54) is 7.11 Å². The number of phenolic OH excluding ortho intramolecular Hbond substituents is 1. The molecule has 8 heteroatoms. The molecule has 0 unspecified atom stereocenters. The van der Waals surface area contributed by atoms with Crippen LogP contribution in [-0.2, 0) is 6.54 Å². The topological polar surface area (TPSA) is 94.4 Å². The van der Waals surface area contributed by atoms with Crippen LogP contribution in [0.4, 0.5) is 4.39 Å². The first kappa shape index (κ1) is 12.8. The number of aromatic nitrogens is 2. The van der Waals surface area contributed by atoms with Crippen LogP contribution in [0.2, 0.25) is 0 Å². The molecule has 3 N–H and O–H groups in total. The van der Waals surface area contributed by atoms with E-state index < -0.39 is 5.82 Å². The van der Waals surface area contributed by atoms with Crippen molar-refractivity contribution in [1.82, 2.24) is 10.1 Å². The number of methoxy groups -OCH3 is 1. The summed E-state index contributed by atoms with van der Waals surface area (Å²) in [6.07, 6.45) is 0. The molecule has 18 heavy (non-hydrogen) atoms. The van der Waals surface area contributed by atoms with Gasteiger partial charge in [-0.2, -0.15) is 4.98 Å². The van der Waals surface area contributed by atoms with Crippen molar-refractivity contribution in [2.45, 2.75) is 6.54 Å². The maximum atomic E-state index is 13.8. The molecule has 0 spiro atoms. The molecule has 2 rings (SSSR count). The molecule has 0 saturated heterocycles. The fourth-order valence-corrected chi connectivity index (χ4v) is 2.16. The van der Waals surface area contributed by atoms with Crippen molar-refractivity contribution >= 4 is 15.9 Å². The van der Waals surface area contributed by atoms with Crippen molar-refractivity contribution in [2.24, 2.45) is 5.73 Å². The Morgan fingerprint density at radius 3 is 2.89 bits per heavy atom. The minimum Gasteiger partial charge on any atom is -0.504 e. The fourth-order valence-electron chi connectivity index (χ4n) is 1.43. The van der Waals surface area contributed by atoms with Crippen LogP contribution in [-0.4, -0.2) is 22.4 Å². The Hall–Kier alpha value is -1.67. The maximum Gasteiger partial charge on any atom is 0.240 e. The summed E-state index contributed by atoms with van der Waals surface area (Å²) in [5, 5.41) is 13.1. The first-order valence-corrected chi connectivity index (χ1v) is 5.65. The molecule has 0 atom stereocenters. The highest BCUT2D eigenvalue weighted by Crippen LogP contribution is 2.42. The third-order valence-corrected chi connectivity index (χ3v) is 2.98. The van der Waals surface area contributed by atoms with E-state index in [0.717, 1.165) is 6.07 Å². The van der Waals surface area contributed by atoms with Gasteiger partial charge in [0.2, 0.25) is 11.7 Å². The van der Waals surface area contributed by atoms with Gasteiger partial charge >= 0.3 is 0 Å². The molecule has 0 aliphatic carbocycles. The normalized spacial score (nSPS) is 10.7. The predicted molar refractivity (Wildman–Crippen MR) is 63.5 cm³/mol. The minimum atomic E-state index is -0.704. The lowest BCUT2D eigenvalue weighted by Crippen LogP contribution is -1.97. The monoisotopic (exact) mass is 317 g/mol. The SMILES string of the molecule is COc1c(O)cc(F)c(-c2noc(CN)n2)c1Br. The first-order chi connectivity index (χ1) is 8.58. The van der Waals surface area contributed by atoms with Gasteiger partial charge in [-0.1, -0.05) is 5.16 Å². The summed E-state index contributed by atoms with van der Waals surface area (Å²) >= 11 is 3.13. The van der Waals surface area contributed by atoms with Gasteiger partial charge in [-0.05, 0) is 15.9 Å². The van der Waals surface area contributed by atoms with Crippen LogP contribution in [0.25, 0.3) is 11.4 Å². The lowest BCUT2D eigenvalue weighted by molar-refractivity contribution is 0.368. The van der Waals surface area contributed by atoms with Crippen molar-refractivity contribution in [3.63, 3.8) is 0 Å². The second kappa shape index (κ2) is 4.91. The van der Waals surface area contributed by atoms with Gasteiger partial charge in [0, 0.05) is 6.07 Å². The summed E-state index contributed by atoms with van der Waals surface area (Å²) in [5.74, 6) is -0.732. The molecule has 0 bridgehead atoms. The molecular formula is C10H9BrFN3O3. The molecule has 0 amide bonds. The van der Waals surface area contributed by atoms with Crippen molar-refractivity contribution < 1.29 is 18.8 Å². The molecule has 1 aromatic heterocycles. The number of ether oxygens (including phenoxy) is 1. The Balaban J connectivity index is 2.63. The summed E-state index contributed by atoms with van der Waals surface area (Å²) in [6, 6.07) is 0.914. The number of nitrogens with two attached hydrogens (primary N) is 1. The standard InChI is InChI=1S/C10H9BrFN3O3/c1-17-9-5(16)2-4(12)7(8(9)11)10-14-6(3-13)18-15-10/h2,16H,3,13H2,1H3. The van der Waals surface area contributed by atoms with Crippen LogP contribution in [0, 0.1) is 5.82 Å². The van der Waals surface area contributed by atoms with Crippen LogP contribution < -0.4 is 10.5 Å². The second-order valence-electron chi connectivity index (χ2n) is 3.32. The van der Waals surface area contributed by atoms with Crippen molar-refractivity contribution in [1.29, 1.82) is 0 Å². The lowest BCUT2D eigenvalue weighted by atomic mass is 10.1. The van der Waals surface area contributed by atoms with E-state index in [1.54, 1.807) is 0 Å². The number of phenols is 1.